The highest BCUT2D eigenvalue weighted by atomic mass is 16.5. The average molecular weight is 542 g/mol. The topological polar surface area (TPSA) is 67.8 Å². The Labute approximate surface area is 237 Å². The van der Waals surface area contributed by atoms with Crippen LogP contribution in [-0.4, -0.2) is 36.7 Å². The number of carboxylic acid groups (broad SMARTS) is 1. The summed E-state index contributed by atoms with van der Waals surface area (Å²) < 4.78 is 11.8. The highest BCUT2D eigenvalue weighted by Crippen LogP contribution is 2.14. The van der Waals surface area contributed by atoms with Gasteiger partial charge in [0, 0.05) is 19.6 Å². The summed E-state index contributed by atoms with van der Waals surface area (Å²) in [4.78, 5) is 11.2. The lowest BCUT2D eigenvalue weighted by Crippen LogP contribution is -2.38. The van der Waals surface area contributed by atoms with Gasteiger partial charge in [-0.15, -0.1) is 0 Å². The quantitative estimate of drug-likeness (QED) is 0.0676. The molecule has 0 aromatic rings. The number of unbranched alkanes of at least 4 members (excludes halogenated alkanes) is 22. The van der Waals surface area contributed by atoms with E-state index in [1.807, 2.05) is 6.92 Å². The van der Waals surface area contributed by atoms with Crippen LogP contribution < -0.4 is 5.32 Å². The summed E-state index contributed by atoms with van der Waals surface area (Å²) in [6.45, 7) is 7.91. The summed E-state index contributed by atoms with van der Waals surface area (Å²) in [7, 11) is 0. The van der Waals surface area contributed by atoms with E-state index in [1.165, 1.54) is 135 Å². The molecule has 0 saturated heterocycles. The van der Waals surface area contributed by atoms with Crippen LogP contribution in [0.4, 0.5) is 4.79 Å². The van der Waals surface area contributed by atoms with E-state index in [2.05, 4.69) is 19.2 Å². The second kappa shape index (κ2) is 30.7. The Balaban J connectivity index is 3.64. The molecular weight excluding hydrogens is 474 g/mol. The zero-order valence-corrected chi connectivity index (χ0v) is 25.9. The number of hydrogen-bond acceptors (Lipinski definition) is 3. The smallest absolute Gasteiger partial charge is 0.406 e. The summed E-state index contributed by atoms with van der Waals surface area (Å²) >= 11 is 0. The molecule has 38 heavy (non-hydrogen) atoms. The lowest BCUT2D eigenvalue weighted by molar-refractivity contribution is -0.0239. The molecule has 0 aliphatic heterocycles. The van der Waals surface area contributed by atoms with Crippen molar-refractivity contribution in [2.75, 3.05) is 13.2 Å². The Morgan fingerprint density at radius 1 is 0.553 bits per heavy atom. The van der Waals surface area contributed by atoms with Crippen LogP contribution in [0.3, 0.4) is 0 Å². The van der Waals surface area contributed by atoms with E-state index < -0.39 is 12.3 Å². The Morgan fingerprint density at radius 3 is 1.21 bits per heavy atom. The number of nitrogens with one attached hydrogen (secondary N) is 1. The fourth-order valence-electron chi connectivity index (χ4n) is 5.07. The van der Waals surface area contributed by atoms with Crippen molar-refractivity contribution in [2.24, 2.45) is 0 Å². The predicted molar refractivity (Wildman–Crippen MR) is 163 cm³/mol. The van der Waals surface area contributed by atoms with Gasteiger partial charge in [-0.25, -0.2) is 4.79 Å². The molecule has 0 radical (unpaired) electrons. The standard InChI is InChI=1S/C33H67NO4/c1-4-6-8-10-12-14-16-18-20-22-24-26-28-37-31(3)30-32(34-33(35)36)38-29-27-25-23-21-19-17-15-13-11-9-7-5-2/h31-32,34H,4-30H2,1-3H3,(H,35,36). The fraction of sp³-hybridized carbons (Fsp3) is 0.970. The van der Waals surface area contributed by atoms with Crippen molar-refractivity contribution in [1.29, 1.82) is 0 Å². The molecule has 0 aliphatic rings. The van der Waals surface area contributed by atoms with Gasteiger partial charge in [-0.1, -0.05) is 155 Å². The summed E-state index contributed by atoms with van der Waals surface area (Å²) in [5.74, 6) is 0. The Kier molecular flexibility index (Phi) is 30.1. The molecule has 1 amide bonds. The minimum absolute atomic E-state index is 0.0125. The van der Waals surface area contributed by atoms with Gasteiger partial charge >= 0.3 is 6.09 Å². The zero-order valence-electron chi connectivity index (χ0n) is 25.9. The highest BCUT2D eigenvalue weighted by Gasteiger charge is 2.16. The minimum atomic E-state index is -1.03. The molecule has 2 atom stereocenters. The van der Waals surface area contributed by atoms with E-state index in [-0.39, 0.29) is 6.10 Å². The molecule has 2 unspecified atom stereocenters. The summed E-state index contributed by atoms with van der Waals surface area (Å²) in [5.41, 5.74) is 0. The summed E-state index contributed by atoms with van der Waals surface area (Å²) in [6.07, 6.45) is 30.7. The molecule has 5 heteroatoms. The molecule has 2 N–H and O–H groups in total. The monoisotopic (exact) mass is 542 g/mol. The van der Waals surface area contributed by atoms with Crippen molar-refractivity contribution in [3.8, 4) is 0 Å². The third-order valence-corrected chi connectivity index (χ3v) is 7.55. The van der Waals surface area contributed by atoms with Gasteiger partial charge < -0.3 is 14.6 Å². The molecule has 0 aromatic carbocycles. The predicted octanol–water partition coefficient (Wildman–Crippen LogP) is 10.8. The van der Waals surface area contributed by atoms with Gasteiger partial charge in [0.1, 0.15) is 6.23 Å². The van der Waals surface area contributed by atoms with Gasteiger partial charge in [-0.05, 0) is 19.8 Å². The molecule has 0 bridgehead atoms. The van der Waals surface area contributed by atoms with E-state index in [9.17, 15) is 4.79 Å². The summed E-state index contributed by atoms with van der Waals surface area (Å²) in [6, 6.07) is 0. The van der Waals surface area contributed by atoms with E-state index in [0.29, 0.717) is 13.0 Å². The first-order chi connectivity index (χ1) is 18.6. The number of rotatable bonds is 31. The van der Waals surface area contributed by atoms with Crippen LogP contribution in [0.25, 0.3) is 0 Å². The van der Waals surface area contributed by atoms with Gasteiger partial charge in [-0.2, -0.15) is 0 Å². The summed E-state index contributed by atoms with van der Waals surface area (Å²) in [5, 5.41) is 11.7. The molecule has 5 nitrogen and oxygen atoms in total. The van der Waals surface area contributed by atoms with E-state index in [4.69, 9.17) is 14.6 Å². The van der Waals surface area contributed by atoms with Crippen LogP contribution in [0.15, 0.2) is 0 Å². The van der Waals surface area contributed by atoms with Crippen molar-refractivity contribution < 1.29 is 19.4 Å². The van der Waals surface area contributed by atoms with Crippen LogP contribution in [0.1, 0.15) is 181 Å². The molecule has 0 fully saturated rings. The molecule has 228 valence electrons. The minimum Gasteiger partial charge on any atom is -0.465 e. The van der Waals surface area contributed by atoms with Crippen LogP contribution in [-0.2, 0) is 9.47 Å². The molecule has 0 spiro atoms. The molecule has 0 heterocycles. The molecule has 0 saturated carbocycles. The number of ether oxygens (including phenoxy) is 2. The highest BCUT2D eigenvalue weighted by molar-refractivity contribution is 5.64. The van der Waals surface area contributed by atoms with Crippen LogP contribution in [0.2, 0.25) is 0 Å². The lowest BCUT2D eigenvalue weighted by atomic mass is 10.1. The van der Waals surface area contributed by atoms with Gasteiger partial charge in [0.2, 0.25) is 0 Å². The second-order valence-electron chi connectivity index (χ2n) is 11.5. The Morgan fingerprint density at radius 2 is 0.868 bits per heavy atom. The normalized spacial score (nSPS) is 13.0. The Hall–Kier alpha value is -0.810. The van der Waals surface area contributed by atoms with Crippen molar-refractivity contribution in [3.63, 3.8) is 0 Å². The van der Waals surface area contributed by atoms with Crippen LogP contribution >= 0.6 is 0 Å². The molecule has 0 aromatic heterocycles. The molecular formula is C33H67NO4. The first kappa shape index (κ1) is 37.2. The number of hydrogen-bond donors (Lipinski definition) is 2. The van der Waals surface area contributed by atoms with E-state index in [0.717, 1.165) is 25.9 Å². The number of amides is 1. The molecule has 0 aliphatic carbocycles. The maximum atomic E-state index is 11.2. The maximum Gasteiger partial charge on any atom is 0.406 e. The number of carbonyl (C=O) groups is 1. The van der Waals surface area contributed by atoms with Gasteiger partial charge in [0.05, 0.1) is 6.10 Å². The van der Waals surface area contributed by atoms with Crippen molar-refractivity contribution in [2.45, 2.75) is 194 Å². The molecule has 0 rings (SSSR count). The lowest BCUT2D eigenvalue weighted by Gasteiger charge is -2.22. The van der Waals surface area contributed by atoms with Crippen molar-refractivity contribution in [3.05, 3.63) is 0 Å². The van der Waals surface area contributed by atoms with Crippen molar-refractivity contribution in [1.82, 2.24) is 5.32 Å². The maximum absolute atomic E-state index is 11.2. The van der Waals surface area contributed by atoms with E-state index >= 15 is 0 Å². The first-order valence-electron chi connectivity index (χ1n) is 16.8. The largest absolute Gasteiger partial charge is 0.465 e. The van der Waals surface area contributed by atoms with Gasteiger partial charge in [0.25, 0.3) is 0 Å². The average Bonchev–Trinajstić information content (AvgIpc) is 2.89. The van der Waals surface area contributed by atoms with Crippen molar-refractivity contribution >= 4 is 6.09 Å². The van der Waals surface area contributed by atoms with E-state index in [1.54, 1.807) is 0 Å². The van der Waals surface area contributed by atoms with Gasteiger partial charge in [0.15, 0.2) is 0 Å². The van der Waals surface area contributed by atoms with Crippen LogP contribution in [0.5, 0.6) is 0 Å². The Bertz CT molecular complexity index is 474. The zero-order chi connectivity index (χ0) is 27.9. The van der Waals surface area contributed by atoms with Gasteiger partial charge in [-0.3, -0.25) is 5.32 Å². The third kappa shape index (κ3) is 29.7. The third-order valence-electron chi connectivity index (χ3n) is 7.55. The fourth-order valence-corrected chi connectivity index (χ4v) is 5.07. The SMILES string of the molecule is CCCCCCCCCCCCCCOC(C)CC(NC(=O)O)OCCCCCCCCCCCCCC. The van der Waals surface area contributed by atoms with Crippen LogP contribution in [0, 0.1) is 0 Å². The second-order valence-corrected chi connectivity index (χ2v) is 11.5. The first-order valence-corrected chi connectivity index (χ1v) is 16.8.